The van der Waals surface area contributed by atoms with Crippen LogP contribution in [0.5, 0.6) is 0 Å². The number of hydrogen-bond acceptors (Lipinski definition) is 2. The van der Waals surface area contributed by atoms with E-state index in [2.05, 4.69) is 6.92 Å². The largest absolute Gasteiger partial charge is 0.356 e. The summed E-state index contributed by atoms with van der Waals surface area (Å²) in [6, 6.07) is 0. The van der Waals surface area contributed by atoms with Crippen LogP contribution < -0.4 is 0 Å². The van der Waals surface area contributed by atoms with Crippen LogP contribution in [0.4, 0.5) is 0 Å². The van der Waals surface area contributed by atoms with Crippen molar-refractivity contribution in [3.63, 3.8) is 0 Å². The van der Waals surface area contributed by atoms with Gasteiger partial charge in [-0.05, 0) is 6.42 Å². The van der Waals surface area contributed by atoms with Crippen molar-refractivity contribution in [3.05, 3.63) is 0 Å². The summed E-state index contributed by atoms with van der Waals surface area (Å²) in [4.78, 5) is 0. The summed E-state index contributed by atoms with van der Waals surface area (Å²) >= 11 is 5.94. The van der Waals surface area contributed by atoms with E-state index in [-0.39, 0.29) is 6.29 Å². The lowest BCUT2D eigenvalue weighted by molar-refractivity contribution is -0.133. The lowest BCUT2D eigenvalue weighted by Crippen LogP contribution is -2.26. The minimum atomic E-state index is -0.146. The fraction of sp³-hybridized carbons (Fsp3) is 1.00. The number of rotatable bonds is 12. The lowest BCUT2D eigenvalue weighted by Gasteiger charge is -2.22. The molecule has 0 aromatic heterocycles. The van der Waals surface area contributed by atoms with Gasteiger partial charge in [0, 0.05) is 26.0 Å². The average molecular weight is 265 g/mol. The Morgan fingerprint density at radius 2 is 1.41 bits per heavy atom. The van der Waals surface area contributed by atoms with Gasteiger partial charge in [-0.2, -0.15) is 0 Å². The third kappa shape index (κ3) is 8.87. The van der Waals surface area contributed by atoms with Gasteiger partial charge in [-0.25, -0.2) is 0 Å². The molecule has 0 fully saturated rings. The van der Waals surface area contributed by atoms with Gasteiger partial charge in [0.15, 0.2) is 6.29 Å². The van der Waals surface area contributed by atoms with Crippen molar-refractivity contribution in [2.45, 2.75) is 64.6 Å². The quantitative estimate of drug-likeness (QED) is 0.291. The average Bonchev–Trinajstić information content (AvgIpc) is 2.36. The highest BCUT2D eigenvalue weighted by atomic mass is 35.5. The highest BCUT2D eigenvalue weighted by Gasteiger charge is 2.19. The Morgan fingerprint density at radius 3 is 1.88 bits per heavy atom. The summed E-state index contributed by atoms with van der Waals surface area (Å²) in [5, 5.41) is 0. The van der Waals surface area contributed by atoms with Crippen molar-refractivity contribution >= 4 is 11.6 Å². The van der Waals surface area contributed by atoms with E-state index in [0.717, 1.165) is 6.42 Å². The first-order valence-corrected chi connectivity index (χ1v) is 7.45. The first kappa shape index (κ1) is 17.2. The van der Waals surface area contributed by atoms with Crippen LogP contribution in [0.15, 0.2) is 0 Å². The second-order valence-corrected chi connectivity index (χ2v) is 4.97. The molecule has 0 saturated heterocycles. The maximum absolute atomic E-state index is 5.94. The second-order valence-electron chi connectivity index (χ2n) is 4.66. The molecule has 0 aliphatic heterocycles. The van der Waals surface area contributed by atoms with E-state index in [1.807, 2.05) is 0 Å². The molecule has 0 spiro atoms. The van der Waals surface area contributed by atoms with Crippen LogP contribution in [0.1, 0.15) is 58.3 Å². The van der Waals surface area contributed by atoms with E-state index < -0.39 is 0 Å². The van der Waals surface area contributed by atoms with Crippen LogP contribution in [0.2, 0.25) is 0 Å². The summed E-state index contributed by atoms with van der Waals surface area (Å²) in [5.41, 5.74) is 0. The fourth-order valence-corrected chi connectivity index (χ4v) is 2.43. The number of halogens is 1. The molecule has 0 heterocycles. The molecular weight excluding hydrogens is 236 g/mol. The van der Waals surface area contributed by atoms with E-state index in [4.69, 9.17) is 21.1 Å². The molecule has 1 unspecified atom stereocenters. The van der Waals surface area contributed by atoms with Gasteiger partial charge in [0.05, 0.1) is 0 Å². The highest BCUT2D eigenvalue weighted by Crippen LogP contribution is 2.19. The van der Waals surface area contributed by atoms with Gasteiger partial charge in [-0.15, -0.1) is 11.6 Å². The fourth-order valence-electron chi connectivity index (χ4n) is 2.13. The van der Waals surface area contributed by atoms with Gasteiger partial charge in [0.1, 0.15) is 0 Å². The van der Waals surface area contributed by atoms with E-state index >= 15 is 0 Å². The second kappa shape index (κ2) is 12.7. The van der Waals surface area contributed by atoms with Crippen molar-refractivity contribution in [2.75, 3.05) is 20.1 Å². The van der Waals surface area contributed by atoms with Gasteiger partial charge in [-0.1, -0.05) is 51.9 Å². The third-order valence-electron chi connectivity index (χ3n) is 3.23. The number of alkyl halides is 1. The molecular formula is C14H29ClO2. The van der Waals surface area contributed by atoms with Crippen molar-refractivity contribution in [3.8, 4) is 0 Å². The maximum atomic E-state index is 5.94. The Labute approximate surface area is 112 Å². The topological polar surface area (TPSA) is 18.5 Å². The first-order valence-electron chi connectivity index (χ1n) is 6.91. The molecule has 0 rings (SSSR count). The standard InChI is InChI=1S/C14H29ClO2/c1-4-5-6-7-8-9-10-11-13(12-15)14(16-2)17-3/h13-14H,4-12H2,1-3H3. The van der Waals surface area contributed by atoms with Crippen LogP contribution in [0.25, 0.3) is 0 Å². The summed E-state index contributed by atoms with van der Waals surface area (Å²) in [5.74, 6) is 0.935. The van der Waals surface area contributed by atoms with Crippen LogP contribution >= 0.6 is 11.6 Å². The van der Waals surface area contributed by atoms with Crippen molar-refractivity contribution in [1.82, 2.24) is 0 Å². The lowest BCUT2D eigenvalue weighted by atomic mass is 10.0. The van der Waals surface area contributed by atoms with Gasteiger partial charge in [0.25, 0.3) is 0 Å². The summed E-state index contributed by atoms with van der Waals surface area (Å²) < 4.78 is 10.5. The minimum Gasteiger partial charge on any atom is -0.356 e. The van der Waals surface area contributed by atoms with E-state index in [1.165, 1.54) is 44.9 Å². The normalized spacial score (nSPS) is 13.2. The minimum absolute atomic E-state index is 0.146. The van der Waals surface area contributed by atoms with Crippen LogP contribution in [-0.2, 0) is 9.47 Å². The molecule has 0 amide bonds. The Bertz CT molecular complexity index is 149. The number of hydrogen-bond donors (Lipinski definition) is 0. The zero-order valence-electron chi connectivity index (χ0n) is 11.7. The van der Waals surface area contributed by atoms with Crippen molar-refractivity contribution in [1.29, 1.82) is 0 Å². The van der Waals surface area contributed by atoms with Gasteiger partial charge >= 0.3 is 0 Å². The summed E-state index contributed by atoms with van der Waals surface area (Å²) in [6.07, 6.45) is 10.3. The zero-order valence-corrected chi connectivity index (χ0v) is 12.5. The molecule has 3 heteroatoms. The summed E-state index contributed by atoms with van der Waals surface area (Å²) in [6.45, 7) is 2.25. The van der Waals surface area contributed by atoms with Gasteiger partial charge in [0.2, 0.25) is 0 Å². The molecule has 0 aromatic rings. The van der Waals surface area contributed by atoms with E-state index in [9.17, 15) is 0 Å². The smallest absolute Gasteiger partial charge is 0.160 e. The highest BCUT2D eigenvalue weighted by molar-refractivity contribution is 6.18. The molecule has 0 bridgehead atoms. The molecule has 0 aliphatic rings. The van der Waals surface area contributed by atoms with E-state index in [1.54, 1.807) is 14.2 Å². The molecule has 1 atom stereocenters. The zero-order chi connectivity index (χ0) is 12.9. The van der Waals surface area contributed by atoms with Crippen LogP contribution in [0.3, 0.4) is 0 Å². The Kier molecular flexibility index (Phi) is 12.8. The number of ether oxygens (including phenoxy) is 2. The van der Waals surface area contributed by atoms with Crippen molar-refractivity contribution in [2.24, 2.45) is 5.92 Å². The Balaban J connectivity index is 3.49. The van der Waals surface area contributed by atoms with Gasteiger partial charge in [-0.3, -0.25) is 0 Å². The van der Waals surface area contributed by atoms with E-state index in [0.29, 0.717) is 11.8 Å². The molecule has 0 aliphatic carbocycles. The predicted octanol–water partition coefficient (Wildman–Crippen LogP) is 4.60. The Morgan fingerprint density at radius 1 is 0.882 bits per heavy atom. The molecule has 0 saturated carbocycles. The molecule has 0 radical (unpaired) electrons. The monoisotopic (exact) mass is 264 g/mol. The van der Waals surface area contributed by atoms with Crippen molar-refractivity contribution < 1.29 is 9.47 Å². The summed E-state index contributed by atoms with van der Waals surface area (Å²) in [7, 11) is 3.36. The first-order chi connectivity index (χ1) is 8.29. The predicted molar refractivity (Wildman–Crippen MR) is 74.6 cm³/mol. The molecule has 17 heavy (non-hydrogen) atoms. The van der Waals surface area contributed by atoms with Crippen LogP contribution in [-0.4, -0.2) is 26.4 Å². The number of methoxy groups -OCH3 is 2. The SMILES string of the molecule is CCCCCCCCCC(CCl)C(OC)OC. The van der Waals surface area contributed by atoms with Gasteiger partial charge < -0.3 is 9.47 Å². The number of unbranched alkanes of at least 4 members (excludes halogenated alkanes) is 6. The molecule has 0 N–H and O–H groups in total. The molecule has 104 valence electrons. The Hall–Kier alpha value is 0.210. The molecule has 0 aromatic carbocycles. The maximum Gasteiger partial charge on any atom is 0.160 e. The molecule has 2 nitrogen and oxygen atoms in total. The van der Waals surface area contributed by atoms with Crippen LogP contribution in [0, 0.1) is 5.92 Å². The third-order valence-corrected chi connectivity index (χ3v) is 3.62.